The molecule has 21 heavy (non-hydrogen) atoms. The van der Waals surface area contributed by atoms with Gasteiger partial charge in [0.2, 0.25) is 0 Å². The lowest BCUT2D eigenvalue weighted by molar-refractivity contribution is -0.138. The predicted octanol–water partition coefficient (Wildman–Crippen LogP) is 2.77. The Hall–Kier alpha value is -2.14. The van der Waals surface area contributed by atoms with Gasteiger partial charge in [0.15, 0.2) is 0 Å². The lowest BCUT2D eigenvalue weighted by Gasteiger charge is -2.14. The van der Waals surface area contributed by atoms with Crippen molar-refractivity contribution < 1.29 is 9.90 Å². The number of carboxylic acid groups (broad SMARTS) is 1. The smallest absolute Gasteiger partial charge is 0.325 e. The Morgan fingerprint density at radius 3 is 2.57 bits per heavy atom. The van der Waals surface area contributed by atoms with Gasteiger partial charge in [-0.25, -0.2) is 4.68 Å². The van der Waals surface area contributed by atoms with Gasteiger partial charge in [-0.3, -0.25) is 9.59 Å². The minimum absolute atomic E-state index is 0.0249. The number of aromatic nitrogens is 2. The van der Waals surface area contributed by atoms with Gasteiger partial charge in [0, 0.05) is 22.2 Å². The lowest BCUT2D eigenvalue weighted by atomic mass is 9.98. The summed E-state index contributed by atoms with van der Waals surface area (Å²) in [5.74, 6) is -1.08. The van der Waals surface area contributed by atoms with Gasteiger partial charge in [0.25, 0.3) is 5.56 Å². The molecule has 110 valence electrons. The van der Waals surface area contributed by atoms with E-state index < -0.39 is 18.1 Å². The van der Waals surface area contributed by atoms with E-state index >= 15 is 0 Å². The Labute approximate surface area is 126 Å². The van der Waals surface area contributed by atoms with Gasteiger partial charge in [-0.05, 0) is 12.0 Å². The van der Waals surface area contributed by atoms with Crippen LogP contribution in [-0.2, 0) is 11.3 Å². The van der Waals surface area contributed by atoms with E-state index in [1.165, 1.54) is 6.07 Å². The van der Waals surface area contributed by atoms with E-state index in [4.69, 9.17) is 16.7 Å². The first-order chi connectivity index (χ1) is 9.90. The first kappa shape index (κ1) is 15.3. The fourth-order valence-electron chi connectivity index (χ4n) is 2.07. The standard InChI is InChI=1S/C15H15ClN2O3/c1-9(2)15-11(10-5-3-4-6-12(10)16)7-13(19)18(17-15)8-14(20)21/h3-7,9H,8H2,1-2H3,(H,20,21). The molecule has 0 amide bonds. The molecule has 0 unspecified atom stereocenters. The Balaban J connectivity index is 2.67. The lowest BCUT2D eigenvalue weighted by Crippen LogP contribution is -2.27. The first-order valence-corrected chi connectivity index (χ1v) is 6.86. The summed E-state index contributed by atoms with van der Waals surface area (Å²) in [5.41, 5.74) is 1.54. The van der Waals surface area contributed by atoms with Crippen LogP contribution in [0.1, 0.15) is 25.5 Å². The molecule has 0 saturated carbocycles. The molecule has 5 nitrogen and oxygen atoms in total. The second kappa shape index (κ2) is 6.10. The van der Waals surface area contributed by atoms with E-state index in [1.54, 1.807) is 12.1 Å². The van der Waals surface area contributed by atoms with E-state index in [0.717, 1.165) is 10.2 Å². The maximum absolute atomic E-state index is 12.0. The van der Waals surface area contributed by atoms with Crippen LogP contribution < -0.4 is 5.56 Å². The molecule has 1 N–H and O–H groups in total. The first-order valence-electron chi connectivity index (χ1n) is 6.49. The van der Waals surface area contributed by atoms with Crippen LogP contribution in [0, 0.1) is 0 Å². The van der Waals surface area contributed by atoms with Crippen molar-refractivity contribution in [3.63, 3.8) is 0 Å². The molecule has 0 aliphatic heterocycles. The summed E-state index contributed by atoms with van der Waals surface area (Å²) >= 11 is 6.18. The summed E-state index contributed by atoms with van der Waals surface area (Å²) in [4.78, 5) is 22.8. The van der Waals surface area contributed by atoms with Gasteiger partial charge in [-0.2, -0.15) is 5.10 Å². The molecule has 0 radical (unpaired) electrons. The van der Waals surface area contributed by atoms with Crippen molar-refractivity contribution in [2.24, 2.45) is 0 Å². The molecule has 2 rings (SSSR count). The zero-order valence-corrected chi connectivity index (χ0v) is 12.5. The summed E-state index contributed by atoms with van der Waals surface area (Å²) in [6, 6.07) is 8.58. The van der Waals surface area contributed by atoms with Crippen LogP contribution in [0.25, 0.3) is 11.1 Å². The quantitative estimate of drug-likeness (QED) is 0.942. The number of halogens is 1. The zero-order valence-electron chi connectivity index (χ0n) is 11.7. The van der Waals surface area contributed by atoms with Gasteiger partial charge in [0.1, 0.15) is 6.54 Å². The Morgan fingerprint density at radius 2 is 2.00 bits per heavy atom. The Bertz CT molecular complexity index is 738. The van der Waals surface area contributed by atoms with E-state index in [0.29, 0.717) is 16.3 Å². The maximum atomic E-state index is 12.0. The third kappa shape index (κ3) is 3.31. The third-order valence-corrected chi connectivity index (χ3v) is 3.35. The van der Waals surface area contributed by atoms with Crippen molar-refractivity contribution in [3.8, 4) is 11.1 Å². The number of carbonyl (C=O) groups is 1. The van der Waals surface area contributed by atoms with E-state index in [1.807, 2.05) is 26.0 Å². The summed E-state index contributed by atoms with van der Waals surface area (Å²) in [5, 5.41) is 13.5. The molecule has 0 aliphatic carbocycles. The predicted molar refractivity (Wildman–Crippen MR) is 80.7 cm³/mol. The van der Waals surface area contributed by atoms with Crippen LogP contribution in [0.3, 0.4) is 0 Å². The highest BCUT2D eigenvalue weighted by Crippen LogP contribution is 2.31. The molecule has 0 spiro atoms. The number of hydrogen-bond donors (Lipinski definition) is 1. The Kier molecular flexibility index (Phi) is 4.43. The monoisotopic (exact) mass is 306 g/mol. The van der Waals surface area contributed by atoms with Crippen LogP contribution >= 0.6 is 11.6 Å². The van der Waals surface area contributed by atoms with Crippen LogP contribution in [-0.4, -0.2) is 20.9 Å². The molecular formula is C15H15ClN2O3. The number of carboxylic acids is 1. The van der Waals surface area contributed by atoms with Gasteiger partial charge in [0.05, 0.1) is 5.69 Å². The SMILES string of the molecule is CC(C)c1nn(CC(=O)O)c(=O)cc1-c1ccccc1Cl. The highest BCUT2D eigenvalue weighted by Gasteiger charge is 2.16. The average Bonchev–Trinajstić information content (AvgIpc) is 2.40. The Morgan fingerprint density at radius 1 is 1.33 bits per heavy atom. The molecule has 0 aliphatic rings. The summed E-state index contributed by atoms with van der Waals surface area (Å²) in [6.45, 7) is 3.40. The minimum atomic E-state index is -1.11. The molecule has 1 heterocycles. The third-order valence-electron chi connectivity index (χ3n) is 3.02. The van der Waals surface area contributed by atoms with E-state index in [-0.39, 0.29) is 5.92 Å². The van der Waals surface area contributed by atoms with Gasteiger partial charge in [-0.1, -0.05) is 43.6 Å². The van der Waals surface area contributed by atoms with Crippen LogP contribution in [0.4, 0.5) is 0 Å². The second-order valence-electron chi connectivity index (χ2n) is 4.97. The van der Waals surface area contributed by atoms with E-state index in [9.17, 15) is 9.59 Å². The van der Waals surface area contributed by atoms with Crippen molar-refractivity contribution in [2.75, 3.05) is 0 Å². The fourth-order valence-corrected chi connectivity index (χ4v) is 2.31. The number of hydrogen-bond acceptors (Lipinski definition) is 3. The number of nitrogens with zero attached hydrogens (tertiary/aromatic N) is 2. The fraction of sp³-hybridized carbons (Fsp3) is 0.267. The molecule has 2 aromatic rings. The molecule has 1 aromatic heterocycles. The summed E-state index contributed by atoms with van der Waals surface area (Å²) in [6.07, 6.45) is 0. The highest BCUT2D eigenvalue weighted by atomic mass is 35.5. The average molecular weight is 307 g/mol. The van der Waals surface area contributed by atoms with Gasteiger partial charge >= 0.3 is 5.97 Å². The van der Waals surface area contributed by atoms with Crippen LogP contribution in [0.15, 0.2) is 35.1 Å². The van der Waals surface area contributed by atoms with E-state index in [2.05, 4.69) is 5.10 Å². The van der Waals surface area contributed by atoms with Crippen molar-refractivity contribution in [2.45, 2.75) is 26.3 Å². The molecular weight excluding hydrogens is 292 g/mol. The zero-order chi connectivity index (χ0) is 15.6. The van der Waals surface area contributed by atoms with Crippen molar-refractivity contribution >= 4 is 17.6 Å². The van der Waals surface area contributed by atoms with Crippen LogP contribution in [0.5, 0.6) is 0 Å². The van der Waals surface area contributed by atoms with Crippen molar-refractivity contribution in [1.29, 1.82) is 0 Å². The molecule has 0 saturated heterocycles. The molecule has 0 fully saturated rings. The number of rotatable bonds is 4. The van der Waals surface area contributed by atoms with Crippen molar-refractivity contribution in [3.05, 3.63) is 51.4 Å². The topological polar surface area (TPSA) is 72.2 Å². The summed E-state index contributed by atoms with van der Waals surface area (Å²) < 4.78 is 0.956. The molecule has 0 bridgehead atoms. The largest absolute Gasteiger partial charge is 0.480 e. The molecule has 1 aromatic carbocycles. The van der Waals surface area contributed by atoms with Gasteiger partial charge < -0.3 is 5.11 Å². The molecule has 6 heteroatoms. The number of benzene rings is 1. The highest BCUT2D eigenvalue weighted by molar-refractivity contribution is 6.33. The summed E-state index contributed by atoms with van der Waals surface area (Å²) in [7, 11) is 0. The minimum Gasteiger partial charge on any atom is -0.480 e. The molecule has 0 atom stereocenters. The number of aliphatic carboxylic acids is 1. The second-order valence-corrected chi connectivity index (χ2v) is 5.37. The normalized spacial score (nSPS) is 10.9. The maximum Gasteiger partial charge on any atom is 0.325 e. The van der Waals surface area contributed by atoms with Crippen LogP contribution in [0.2, 0.25) is 5.02 Å². The van der Waals surface area contributed by atoms with Crippen molar-refractivity contribution in [1.82, 2.24) is 9.78 Å². The van der Waals surface area contributed by atoms with Gasteiger partial charge in [-0.15, -0.1) is 0 Å².